The van der Waals surface area contributed by atoms with E-state index in [0.717, 1.165) is 32.1 Å². The maximum Gasteiger partial charge on any atom is 0.172 e. The molecule has 0 spiro atoms. The molecule has 1 N–H and O–H groups in total. The first-order valence-corrected chi connectivity index (χ1v) is 8.37. The summed E-state index contributed by atoms with van der Waals surface area (Å²) in [4.78, 5) is 0. The van der Waals surface area contributed by atoms with E-state index >= 15 is 0 Å². The first kappa shape index (κ1) is 13.6. The third-order valence-corrected chi connectivity index (χ3v) is 5.27. The maximum absolute atomic E-state index is 11.1. The molecule has 0 saturated heterocycles. The lowest BCUT2D eigenvalue weighted by atomic mass is 9.75. The summed E-state index contributed by atoms with van der Waals surface area (Å²) >= 11 is 0. The molecule has 2 nitrogen and oxygen atoms in total. The molecule has 0 bridgehead atoms. The van der Waals surface area contributed by atoms with Crippen LogP contribution in [0.15, 0.2) is 11.6 Å². The second kappa shape index (κ2) is 5.97. The number of ether oxygens (including phenoxy) is 1. The van der Waals surface area contributed by atoms with E-state index in [2.05, 4.69) is 6.08 Å². The van der Waals surface area contributed by atoms with E-state index in [0.29, 0.717) is 6.10 Å². The summed E-state index contributed by atoms with van der Waals surface area (Å²) in [7, 11) is 0. The highest BCUT2D eigenvalue weighted by atomic mass is 16.6. The Morgan fingerprint density at radius 1 is 1.00 bits per heavy atom. The average molecular weight is 264 g/mol. The highest BCUT2D eigenvalue weighted by Crippen LogP contribution is 2.43. The molecule has 3 aliphatic rings. The molecule has 0 aliphatic heterocycles. The summed E-state index contributed by atoms with van der Waals surface area (Å²) in [5, 5.41) is 11.1. The molecule has 2 unspecified atom stereocenters. The van der Waals surface area contributed by atoms with Crippen LogP contribution in [0.2, 0.25) is 0 Å². The fourth-order valence-corrected chi connectivity index (χ4v) is 4.22. The summed E-state index contributed by atoms with van der Waals surface area (Å²) < 4.78 is 6.22. The first-order valence-electron chi connectivity index (χ1n) is 8.37. The van der Waals surface area contributed by atoms with Gasteiger partial charge in [0.15, 0.2) is 5.79 Å². The topological polar surface area (TPSA) is 29.5 Å². The van der Waals surface area contributed by atoms with Crippen molar-refractivity contribution >= 4 is 0 Å². The van der Waals surface area contributed by atoms with Gasteiger partial charge in [-0.2, -0.15) is 0 Å². The predicted molar refractivity (Wildman–Crippen MR) is 76.8 cm³/mol. The maximum atomic E-state index is 11.1. The molecular weight excluding hydrogens is 236 g/mol. The Labute approximate surface area is 117 Å². The third-order valence-electron chi connectivity index (χ3n) is 5.27. The Hall–Kier alpha value is -0.340. The molecule has 3 rings (SSSR count). The Balaban J connectivity index is 1.72. The van der Waals surface area contributed by atoms with Gasteiger partial charge in [-0.05, 0) is 51.4 Å². The van der Waals surface area contributed by atoms with Gasteiger partial charge < -0.3 is 9.84 Å². The van der Waals surface area contributed by atoms with Gasteiger partial charge in [-0.15, -0.1) is 0 Å². The summed E-state index contributed by atoms with van der Waals surface area (Å²) in [5.74, 6) is -0.571. The fourth-order valence-electron chi connectivity index (χ4n) is 4.22. The molecular formula is C17H28O2. The van der Waals surface area contributed by atoms with Crippen molar-refractivity contribution in [2.45, 2.75) is 88.9 Å². The molecule has 2 fully saturated rings. The normalized spacial score (nSPS) is 37.3. The molecule has 0 aromatic rings. The van der Waals surface area contributed by atoms with Crippen LogP contribution in [0.5, 0.6) is 0 Å². The van der Waals surface area contributed by atoms with Crippen molar-refractivity contribution < 1.29 is 9.84 Å². The fraction of sp³-hybridized carbons (Fsp3) is 0.882. The largest absolute Gasteiger partial charge is 0.365 e. The van der Waals surface area contributed by atoms with E-state index in [1.807, 2.05) is 0 Å². The van der Waals surface area contributed by atoms with Crippen LogP contribution in [-0.2, 0) is 4.74 Å². The Kier molecular flexibility index (Phi) is 4.28. The van der Waals surface area contributed by atoms with Crippen molar-refractivity contribution in [1.82, 2.24) is 0 Å². The van der Waals surface area contributed by atoms with Crippen molar-refractivity contribution in [3.05, 3.63) is 11.6 Å². The minimum atomic E-state index is -0.851. The second-order valence-corrected chi connectivity index (χ2v) is 6.69. The van der Waals surface area contributed by atoms with Gasteiger partial charge in [0.1, 0.15) is 0 Å². The van der Waals surface area contributed by atoms with Crippen molar-refractivity contribution in [3.63, 3.8) is 0 Å². The SMILES string of the molecule is OC1(OC2CCCC2)CCCCC1C1=CCCCC1. The van der Waals surface area contributed by atoms with Crippen LogP contribution in [0.3, 0.4) is 0 Å². The lowest BCUT2D eigenvalue weighted by molar-refractivity contribution is -0.265. The van der Waals surface area contributed by atoms with Crippen LogP contribution < -0.4 is 0 Å². The van der Waals surface area contributed by atoms with Crippen molar-refractivity contribution in [1.29, 1.82) is 0 Å². The van der Waals surface area contributed by atoms with Gasteiger partial charge in [0, 0.05) is 12.3 Å². The summed E-state index contributed by atoms with van der Waals surface area (Å²) in [6, 6.07) is 0. The standard InChI is InChI=1S/C17H28O2/c18-17(19-15-10-4-5-11-15)13-7-6-12-16(17)14-8-2-1-3-9-14/h8,15-16,18H,1-7,9-13H2. The molecule has 2 saturated carbocycles. The second-order valence-electron chi connectivity index (χ2n) is 6.69. The summed E-state index contributed by atoms with van der Waals surface area (Å²) in [5.41, 5.74) is 1.49. The van der Waals surface area contributed by atoms with Crippen LogP contribution in [0.4, 0.5) is 0 Å². The number of rotatable bonds is 3. The number of hydrogen-bond acceptors (Lipinski definition) is 2. The van der Waals surface area contributed by atoms with E-state index in [-0.39, 0.29) is 5.92 Å². The molecule has 2 atom stereocenters. The Morgan fingerprint density at radius 3 is 2.53 bits per heavy atom. The Bertz CT molecular complexity index is 330. The molecule has 0 aromatic carbocycles. The van der Waals surface area contributed by atoms with E-state index in [1.54, 1.807) is 0 Å². The van der Waals surface area contributed by atoms with Crippen LogP contribution in [0.1, 0.15) is 77.0 Å². The quantitative estimate of drug-likeness (QED) is 0.607. The van der Waals surface area contributed by atoms with Gasteiger partial charge in [-0.3, -0.25) is 0 Å². The molecule has 0 aromatic heterocycles. The van der Waals surface area contributed by atoms with Gasteiger partial charge in [-0.1, -0.05) is 30.9 Å². The Morgan fingerprint density at radius 2 is 1.79 bits per heavy atom. The molecule has 108 valence electrons. The van der Waals surface area contributed by atoms with Gasteiger partial charge in [0.05, 0.1) is 6.10 Å². The number of allylic oxidation sites excluding steroid dienone is 1. The zero-order valence-corrected chi connectivity index (χ0v) is 12.1. The zero-order valence-electron chi connectivity index (χ0n) is 12.1. The monoisotopic (exact) mass is 264 g/mol. The highest BCUT2D eigenvalue weighted by molar-refractivity contribution is 5.14. The number of aliphatic hydroxyl groups is 1. The first-order chi connectivity index (χ1) is 9.28. The summed E-state index contributed by atoms with van der Waals surface area (Å²) in [6.45, 7) is 0. The lowest BCUT2D eigenvalue weighted by Gasteiger charge is -2.43. The highest BCUT2D eigenvalue weighted by Gasteiger charge is 2.43. The molecule has 19 heavy (non-hydrogen) atoms. The van der Waals surface area contributed by atoms with Crippen LogP contribution in [-0.4, -0.2) is 17.0 Å². The van der Waals surface area contributed by atoms with Gasteiger partial charge in [0.25, 0.3) is 0 Å². The van der Waals surface area contributed by atoms with Gasteiger partial charge in [-0.25, -0.2) is 0 Å². The average Bonchev–Trinajstić information content (AvgIpc) is 2.92. The van der Waals surface area contributed by atoms with Crippen LogP contribution >= 0.6 is 0 Å². The lowest BCUT2D eigenvalue weighted by Crippen LogP contribution is -2.46. The van der Waals surface area contributed by atoms with Crippen molar-refractivity contribution in [3.8, 4) is 0 Å². The van der Waals surface area contributed by atoms with Crippen LogP contribution in [0, 0.1) is 5.92 Å². The van der Waals surface area contributed by atoms with Crippen molar-refractivity contribution in [2.24, 2.45) is 5.92 Å². The zero-order chi connectivity index (χ0) is 13.1. The van der Waals surface area contributed by atoms with Crippen molar-refractivity contribution in [2.75, 3.05) is 0 Å². The molecule has 0 radical (unpaired) electrons. The summed E-state index contributed by atoms with van der Waals surface area (Å²) in [6.07, 6.45) is 16.9. The van der Waals surface area contributed by atoms with E-state index in [9.17, 15) is 5.11 Å². The number of hydrogen-bond donors (Lipinski definition) is 1. The molecule has 0 amide bonds. The third kappa shape index (κ3) is 3.05. The van der Waals surface area contributed by atoms with Gasteiger partial charge in [0.2, 0.25) is 0 Å². The minimum absolute atomic E-state index is 0.280. The van der Waals surface area contributed by atoms with E-state index in [4.69, 9.17) is 4.74 Å². The van der Waals surface area contributed by atoms with E-state index < -0.39 is 5.79 Å². The molecule has 2 heteroatoms. The predicted octanol–water partition coefficient (Wildman–Crippen LogP) is 4.32. The van der Waals surface area contributed by atoms with E-state index in [1.165, 1.54) is 50.5 Å². The minimum Gasteiger partial charge on any atom is -0.365 e. The molecule has 0 heterocycles. The smallest absolute Gasteiger partial charge is 0.172 e. The van der Waals surface area contributed by atoms with Gasteiger partial charge >= 0.3 is 0 Å². The van der Waals surface area contributed by atoms with Crippen LogP contribution in [0.25, 0.3) is 0 Å². The molecule has 3 aliphatic carbocycles.